The summed E-state index contributed by atoms with van der Waals surface area (Å²) in [5.74, 6) is 0.957. The lowest BCUT2D eigenvalue weighted by Gasteiger charge is -2.24. The maximum Gasteiger partial charge on any atom is 0.123 e. The summed E-state index contributed by atoms with van der Waals surface area (Å²) in [5.41, 5.74) is 5.26. The van der Waals surface area contributed by atoms with E-state index in [0.717, 1.165) is 25.3 Å². The number of aromatic nitrogens is 2. The lowest BCUT2D eigenvalue weighted by molar-refractivity contribution is 0.400. The fourth-order valence-electron chi connectivity index (χ4n) is 3.38. The lowest BCUT2D eigenvalue weighted by Crippen LogP contribution is -2.25. The van der Waals surface area contributed by atoms with Crippen LogP contribution in [0.3, 0.4) is 0 Å². The zero-order valence-electron chi connectivity index (χ0n) is 13.7. The molecular weight excluding hydrogens is 274 g/mol. The molecule has 0 bridgehead atoms. The topological polar surface area (TPSA) is 39.1 Å². The second-order valence-corrected chi connectivity index (χ2v) is 6.00. The fourth-order valence-corrected chi connectivity index (χ4v) is 3.38. The molecule has 0 saturated heterocycles. The molecule has 3 rings (SSSR count). The van der Waals surface area contributed by atoms with E-state index in [1.54, 1.807) is 7.11 Å². The summed E-state index contributed by atoms with van der Waals surface area (Å²) in [6.07, 6.45) is 5.59. The van der Waals surface area contributed by atoms with Crippen LogP contribution in [0.5, 0.6) is 5.75 Å². The maximum absolute atomic E-state index is 5.47. The molecule has 2 aromatic rings. The van der Waals surface area contributed by atoms with Crippen molar-refractivity contribution in [3.05, 3.63) is 46.8 Å². The molecule has 1 heterocycles. The van der Waals surface area contributed by atoms with Crippen molar-refractivity contribution in [2.75, 3.05) is 7.11 Å². The molecule has 0 aliphatic heterocycles. The molecule has 1 aliphatic carbocycles. The summed E-state index contributed by atoms with van der Waals surface area (Å²) in [5, 5.41) is 8.22. The normalized spacial score (nSPS) is 17.3. The summed E-state index contributed by atoms with van der Waals surface area (Å²) in [6.45, 7) is 6.05. The first-order valence-corrected chi connectivity index (χ1v) is 8.14. The Morgan fingerprint density at radius 2 is 2.27 bits per heavy atom. The zero-order chi connectivity index (χ0) is 15.5. The van der Waals surface area contributed by atoms with Crippen LogP contribution < -0.4 is 10.1 Å². The SMILES string of the molecule is CCn1ncc2c1CCCC2NCc1cc(C)ccc1OC. The van der Waals surface area contributed by atoms with Gasteiger partial charge in [-0.3, -0.25) is 4.68 Å². The lowest BCUT2D eigenvalue weighted by atomic mass is 9.92. The molecule has 1 aliphatic rings. The molecule has 22 heavy (non-hydrogen) atoms. The monoisotopic (exact) mass is 299 g/mol. The molecule has 0 amide bonds. The second-order valence-electron chi connectivity index (χ2n) is 6.00. The summed E-state index contributed by atoms with van der Waals surface area (Å²) in [6, 6.07) is 6.74. The van der Waals surface area contributed by atoms with E-state index in [0.29, 0.717) is 6.04 Å². The highest BCUT2D eigenvalue weighted by atomic mass is 16.5. The van der Waals surface area contributed by atoms with Crippen molar-refractivity contribution in [3.8, 4) is 5.75 Å². The van der Waals surface area contributed by atoms with Gasteiger partial charge in [0.05, 0.1) is 13.3 Å². The van der Waals surface area contributed by atoms with E-state index in [2.05, 4.69) is 41.1 Å². The first kappa shape index (κ1) is 15.1. The third-order valence-electron chi connectivity index (χ3n) is 4.54. The number of ether oxygens (including phenoxy) is 1. The van der Waals surface area contributed by atoms with Gasteiger partial charge >= 0.3 is 0 Å². The van der Waals surface area contributed by atoms with Gasteiger partial charge < -0.3 is 10.1 Å². The number of benzene rings is 1. The molecule has 0 spiro atoms. The largest absolute Gasteiger partial charge is 0.496 e. The third-order valence-corrected chi connectivity index (χ3v) is 4.54. The molecule has 0 saturated carbocycles. The minimum Gasteiger partial charge on any atom is -0.496 e. The molecule has 1 unspecified atom stereocenters. The first-order chi connectivity index (χ1) is 10.7. The molecule has 1 atom stereocenters. The van der Waals surface area contributed by atoms with Gasteiger partial charge in [-0.25, -0.2) is 0 Å². The molecule has 118 valence electrons. The Morgan fingerprint density at radius 1 is 1.41 bits per heavy atom. The van der Waals surface area contributed by atoms with Gasteiger partial charge in [-0.2, -0.15) is 5.10 Å². The number of aryl methyl sites for hydroxylation is 2. The van der Waals surface area contributed by atoms with Gasteiger partial charge in [0, 0.05) is 36.0 Å². The molecule has 1 aromatic heterocycles. The first-order valence-electron chi connectivity index (χ1n) is 8.14. The Morgan fingerprint density at radius 3 is 3.05 bits per heavy atom. The van der Waals surface area contributed by atoms with Crippen molar-refractivity contribution in [1.82, 2.24) is 15.1 Å². The van der Waals surface area contributed by atoms with Crippen LogP contribution in [0.2, 0.25) is 0 Å². The van der Waals surface area contributed by atoms with Crippen molar-refractivity contribution < 1.29 is 4.74 Å². The van der Waals surface area contributed by atoms with E-state index in [4.69, 9.17) is 4.74 Å². The Bertz CT molecular complexity index is 648. The van der Waals surface area contributed by atoms with Crippen LogP contribution in [0.25, 0.3) is 0 Å². The van der Waals surface area contributed by atoms with Crippen LogP contribution in [-0.2, 0) is 19.5 Å². The van der Waals surface area contributed by atoms with Crippen molar-refractivity contribution in [2.24, 2.45) is 0 Å². The van der Waals surface area contributed by atoms with Gasteiger partial charge in [-0.05, 0) is 39.2 Å². The predicted octanol–water partition coefficient (Wildman–Crippen LogP) is 3.39. The molecule has 0 fully saturated rings. The zero-order valence-corrected chi connectivity index (χ0v) is 13.7. The summed E-state index contributed by atoms with van der Waals surface area (Å²) < 4.78 is 7.61. The number of nitrogens with one attached hydrogen (secondary N) is 1. The second kappa shape index (κ2) is 6.53. The molecule has 1 aromatic carbocycles. The Labute approximate surface area is 132 Å². The van der Waals surface area contributed by atoms with Crippen LogP contribution in [0.15, 0.2) is 24.4 Å². The molecule has 1 N–H and O–H groups in total. The molecule has 4 heteroatoms. The summed E-state index contributed by atoms with van der Waals surface area (Å²) in [4.78, 5) is 0. The standard InChI is InChI=1S/C18H25N3O/c1-4-21-17-7-5-6-16(15(17)12-20-21)19-11-14-10-13(2)8-9-18(14)22-3/h8-10,12,16,19H,4-7,11H2,1-3H3. The van der Waals surface area contributed by atoms with Gasteiger partial charge in [0.2, 0.25) is 0 Å². The smallest absolute Gasteiger partial charge is 0.123 e. The summed E-state index contributed by atoms with van der Waals surface area (Å²) >= 11 is 0. The van der Waals surface area contributed by atoms with Gasteiger partial charge in [-0.15, -0.1) is 0 Å². The number of methoxy groups -OCH3 is 1. The maximum atomic E-state index is 5.47. The Kier molecular flexibility index (Phi) is 4.48. The van der Waals surface area contributed by atoms with Crippen LogP contribution in [0.4, 0.5) is 0 Å². The van der Waals surface area contributed by atoms with Crippen LogP contribution >= 0.6 is 0 Å². The molecule has 4 nitrogen and oxygen atoms in total. The van der Waals surface area contributed by atoms with Gasteiger partial charge in [0.15, 0.2) is 0 Å². The predicted molar refractivity (Wildman–Crippen MR) is 88.2 cm³/mol. The number of rotatable bonds is 5. The minimum absolute atomic E-state index is 0.397. The van der Waals surface area contributed by atoms with Gasteiger partial charge in [-0.1, -0.05) is 17.7 Å². The van der Waals surface area contributed by atoms with Gasteiger partial charge in [0.25, 0.3) is 0 Å². The Balaban J connectivity index is 1.76. The molecular formula is C18H25N3O. The third kappa shape index (κ3) is 2.88. The van der Waals surface area contributed by atoms with E-state index in [1.165, 1.54) is 35.2 Å². The van der Waals surface area contributed by atoms with Gasteiger partial charge in [0.1, 0.15) is 5.75 Å². The summed E-state index contributed by atoms with van der Waals surface area (Å²) in [7, 11) is 1.73. The minimum atomic E-state index is 0.397. The number of fused-ring (bicyclic) bond motifs is 1. The quantitative estimate of drug-likeness (QED) is 0.920. The van der Waals surface area contributed by atoms with Crippen molar-refractivity contribution >= 4 is 0 Å². The highest BCUT2D eigenvalue weighted by Crippen LogP contribution is 2.30. The number of hydrogen-bond acceptors (Lipinski definition) is 3. The molecule has 0 radical (unpaired) electrons. The van der Waals surface area contributed by atoms with E-state index >= 15 is 0 Å². The highest BCUT2D eigenvalue weighted by molar-refractivity contribution is 5.37. The van der Waals surface area contributed by atoms with E-state index < -0.39 is 0 Å². The number of nitrogens with zero attached hydrogens (tertiary/aromatic N) is 2. The highest BCUT2D eigenvalue weighted by Gasteiger charge is 2.23. The fraction of sp³-hybridized carbons (Fsp3) is 0.500. The van der Waals surface area contributed by atoms with Crippen molar-refractivity contribution in [3.63, 3.8) is 0 Å². The number of hydrogen-bond donors (Lipinski definition) is 1. The van der Waals surface area contributed by atoms with E-state index in [1.807, 2.05) is 12.3 Å². The Hall–Kier alpha value is -1.81. The van der Waals surface area contributed by atoms with Crippen molar-refractivity contribution in [1.29, 1.82) is 0 Å². The van der Waals surface area contributed by atoms with Crippen LogP contribution in [-0.4, -0.2) is 16.9 Å². The average Bonchev–Trinajstić information content (AvgIpc) is 2.96. The van der Waals surface area contributed by atoms with E-state index in [-0.39, 0.29) is 0 Å². The average molecular weight is 299 g/mol. The van der Waals surface area contributed by atoms with Crippen LogP contribution in [0.1, 0.15) is 48.2 Å². The van der Waals surface area contributed by atoms with Crippen molar-refractivity contribution in [2.45, 2.75) is 52.2 Å². The van der Waals surface area contributed by atoms with Crippen LogP contribution in [0, 0.1) is 6.92 Å². The van der Waals surface area contributed by atoms with E-state index in [9.17, 15) is 0 Å².